The van der Waals surface area contributed by atoms with Crippen LogP contribution in [0.5, 0.6) is 11.5 Å². The van der Waals surface area contributed by atoms with Gasteiger partial charge in [-0.2, -0.15) is 0 Å². The second kappa shape index (κ2) is 6.71. The van der Waals surface area contributed by atoms with Gasteiger partial charge in [-0.1, -0.05) is 29.8 Å². The molecule has 0 spiro atoms. The van der Waals surface area contributed by atoms with Gasteiger partial charge >= 0.3 is 0 Å². The number of nitrogens with two attached hydrogens (primary N) is 1. The molecule has 1 aliphatic rings. The molecule has 1 amide bonds. The summed E-state index contributed by atoms with van der Waals surface area (Å²) in [5, 5.41) is 0.657. The van der Waals surface area contributed by atoms with Crippen molar-refractivity contribution in [2.75, 3.05) is 14.2 Å². The van der Waals surface area contributed by atoms with Crippen molar-refractivity contribution in [3.05, 3.63) is 58.6 Å². The molecule has 1 fully saturated rings. The van der Waals surface area contributed by atoms with Gasteiger partial charge in [-0.15, -0.1) is 0 Å². The number of carbonyl (C=O) groups excluding carboxylic acids is 1. The molecule has 0 saturated carbocycles. The number of ether oxygens (including phenoxy) is 2. The van der Waals surface area contributed by atoms with Crippen LogP contribution in [-0.4, -0.2) is 31.1 Å². The molecule has 126 valence electrons. The van der Waals surface area contributed by atoms with E-state index in [0.29, 0.717) is 23.1 Å². The zero-order valence-electron chi connectivity index (χ0n) is 13.5. The van der Waals surface area contributed by atoms with E-state index in [1.807, 2.05) is 30.3 Å². The third-order valence-electron chi connectivity index (χ3n) is 4.26. The van der Waals surface area contributed by atoms with E-state index in [-0.39, 0.29) is 11.9 Å². The fraction of sp³-hybridized carbons (Fsp3) is 0.278. The van der Waals surface area contributed by atoms with Crippen LogP contribution in [0.1, 0.15) is 17.2 Å². The summed E-state index contributed by atoms with van der Waals surface area (Å²) in [6, 6.07) is 12.4. The van der Waals surface area contributed by atoms with E-state index >= 15 is 0 Å². The molecule has 1 heterocycles. The summed E-state index contributed by atoms with van der Waals surface area (Å²) in [5.74, 6) is 1.22. The molecular weight excluding hydrogens is 328 g/mol. The lowest BCUT2D eigenvalue weighted by Gasteiger charge is -2.45. The van der Waals surface area contributed by atoms with Gasteiger partial charge in [0.25, 0.3) is 0 Å². The lowest BCUT2D eigenvalue weighted by Crippen LogP contribution is -2.62. The lowest BCUT2D eigenvalue weighted by molar-refractivity contribution is -0.150. The predicted molar refractivity (Wildman–Crippen MR) is 92.3 cm³/mol. The molecule has 2 aromatic rings. The van der Waals surface area contributed by atoms with E-state index in [1.54, 1.807) is 31.3 Å². The number of benzene rings is 2. The van der Waals surface area contributed by atoms with Gasteiger partial charge in [0.05, 0.1) is 20.3 Å². The number of amides is 1. The fourth-order valence-electron chi connectivity index (χ4n) is 2.97. The number of rotatable bonds is 5. The second-order valence-corrected chi connectivity index (χ2v) is 6.11. The maximum atomic E-state index is 12.2. The Kier molecular flexibility index (Phi) is 4.64. The van der Waals surface area contributed by atoms with Crippen molar-refractivity contribution in [2.45, 2.75) is 18.6 Å². The Balaban J connectivity index is 1.83. The third-order valence-corrected chi connectivity index (χ3v) is 4.51. The SMILES string of the molecule is COc1ccc(CN2C(=O)C(N)C2c2ccc(Cl)cc2)cc1OC. The number of carbonyl (C=O) groups is 1. The standard InChI is InChI=1S/C18H19ClN2O3/c1-23-14-8-3-11(9-15(14)24-2)10-21-17(16(20)18(21)22)12-4-6-13(19)7-5-12/h3-9,16-17H,10,20H2,1-2H3. The molecule has 2 aromatic carbocycles. The normalized spacial score (nSPS) is 19.8. The smallest absolute Gasteiger partial charge is 0.242 e. The topological polar surface area (TPSA) is 64.8 Å². The van der Waals surface area contributed by atoms with E-state index in [2.05, 4.69) is 0 Å². The third kappa shape index (κ3) is 2.92. The highest BCUT2D eigenvalue weighted by atomic mass is 35.5. The highest BCUT2D eigenvalue weighted by Crippen LogP contribution is 2.36. The lowest BCUT2D eigenvalue weighted by atomic mass is 9.88. The number of nitrogens with zero attached hydrogens (tertiary/aromatic N) is 1. The minimum Gasteiger partial charge on any atom is -0.493 e. The van der Waals surface area contributed by atoms with Gasteiger partial charge in [0.15, 0.2) is 11.5 Å². The van der Waals surface area contributed by atoms with Gasteiger partial charge in [0.1, 0.15) is 6.04 Å². The first-order valence-corrected chi connectivity index (χ1v) is 7.95. The molecule has 1 saturated heterocycles. The number of hydrogen-bond acceptors (Lipinski definition) is 4. The van der Waals surface area contributed by atoms with Crippen LogP contribution >= 0.6 is 11.6 Å². The first-order valence-electron chi connectivity index (χ1n) is 7.57. The van der Waals surface area contributed by atoms with Crippen molar-refractivity contribution in [3.8, 4) is 11.5 Å². The van der Waals surface area contributed by atoms with E-state index < -0.39 is 6.04 Å². The highest BCUT2D eigenvalue weighted by Gasteiger charge is 2.45. The minimum atomic E-state index is -0.522. The van der Waals surface area contributed by atoms with E-state index in [4.69, 9.17) is 26.8 Å². The van der Waals surface area contributed by atoms with Gasteiger partial charge in [0, 0.05) is 11.6 Å². The van der Waals surface area contributed by atoms with Crippen LogP contribution < -0.4 is 15.2 Å². The summed E-state index contributed by atoms with van der Waals surface area (Å²) in [4.78, 5) is 14.0. The fourth-order valence-corrected chi connectivity index (χ4v) is 3.10. The van der Waals surface area contributed by atoms with Gasteiger partial charge in [0.2, 0.25) is 5.91 Å². The molecule has 2 unspecified atom stereocenters. The number of methoxy groups -OCH3 is 2. The monoisotopic (exact) mass is 346 g/mol. The van der Waals surface area contributed by atoms with Crippen molar-refractivity contribution >= 4 is 17.5 Å². The minimum absolute atomic E-state index is 0.0651. The van der Waals surface area contributed by atoms with Crippen molar-refractivity contribution in [2.24, 2.45) is 5.73 Å². The molecule has 24 heavy (non-hydrogen) atoms. The second-order valence-electron chi connectivity index (χ2n) is 5.68. The van der Waals surface area contributed by atoms with E-state index in [1.165, 1.54) is 0 Å². The predicted octanol–water partition coefficient (Wildman–Crippen LogP) is 2.77. The van der Waals surface area contributed by atoms with Crippen molar-refractivity contribution in [3.63, 3.8) is 0 Å². The Labute approximate surface area is 145 Å². The van der Waals surface area contributed by atoms with Crippen LogP contribution in [0, 0.1) is 0 Å². The Morgan fingerprint density at radius 2 is 1.75 bits per heavy atom. The van der Waals surface area contributed by atoms with E-state index in [0.717, 1.165) is 11.1 Å². The quantitative estimate of drug-likeness (QED) is 0.845. The molecule has 0 aromatic heterocycles. The maximum Gasteiger partial charge on any atom is 0.242 e. The first-order chi connectivity index (χ1) is 11.5. The van der Waals surface area contributed by atoms with Crippen LogP contribution in [0.3, 0.4) is 0 Å². The van der Waals surface area contributed by atoms with Gasteiger partial charge in [-0.3, -0.25) is 4.79 Å². The average Bonchev–Trinajstić information content (AvgIpc) is 2.62. The number of β-lactam (4-membered cyclic amide) rings is 1. The molecular formula is C18H19ClN2O3. The van der Waals surface area contributed by atoms with Crippen LogP contribution in [-0.2, 0) is 11.3 Å². The molecule has 3 rings (SSSR count). The van der Waals surface area contributed by atoms with Crippen molar-refractivity contribution in [1.82, 2.24) is 4.90 Å². The highest BCUT2D eigenvalue weighted by molar-refractivity contribution is 6.30. The van der Waals surface area contributed by atoms with Gasteiger partial charge in [-0.25, -0.2) is 0 Å². The summed E-state index contributed by atoms with van der Waals surface area (Å²) in [5.41, 5.74) is 7.94. The molecule has 2 atom stereocenters. The summed E-state index contributed by atoms with van der Waals surface area (Å²) in [7, 11) is 3.18. The summed E-state index contributed by atoms with van der Waals surface area (Å²) in [6.45, 7) is 0.459. The maximum absolute atomic E-state index is 12.2. The molecule has 5 nitrogen and oxygen atoms in total. The van der Waals surface area contributed by atoms with E-state index in [9.17, 15) is 4.79 Å². The number of halogens is 1. The molecule has 6 heteroatoms. The molecule has 2 N–H and O–H groups in total. The first kappa shape index (κ1) is 16.6. The van der Waals surface area contributed by atoms with Crippen molar-refractivity contribution < 1.29 is 14.3 Å². The van der Waals surface area contributed by atoms with Gasteiger partial charge in [-0.05, 0) is 35.4 Å². The number of likely N-dealkylation sites (tertiary alicyclic amines) is 1. The Bertz CT molecular complexity index is 748. The largest absolute Gasteiger partial charge is 0.493 e. The molecule has 0 bridgehead atoms. The van der Waals surface area contributed by atoms with Crippen molar-refractivity contribution in [1.29, 1.82) is 0 Å². The Morgan fingerprint density at radius 1 is 1.08 bits per heavy atom. The Morgan fingerprint density at radius 3 is 2.38 bits per heavy atom. The van der Waals surface area contributed by atoms with Crippen LogP contribution in [0.15, 0.2) is 42.5 Å². The van der Waals surface area contributed by atoms with Crippen LogP contribution in [0.4, 0.5) is 0 Å². The van der Waals surface area contributed by atoms with Crippen LogP contribution in [0.2, 0.25) is 5.02 Å². The molecule has 0 radical (unpaired) electrons. The molecule has 1 aliphatic heterocycles. The Hall–Kier alpha value is -2.24. The van der Waals surface area contributed by atoms with Gasteiger partial charge < -0.3 is 20.1 Å². The zero-order chi connectivity index (χ0) is 17.3. The summed E-state index contributed by atoms with van der Waals surface area (Å²) in [6.07, 6.45) is 0. The average molecular weight is 347 g/mol. The summed E-state index contributed by atoms with van der Waals surface area (Å²) < 4.78 is 10.6. The summed E-state index contributed by atoms with van der Waals surface area (Å²) >= 11 is 5.93. The van der Waals surface area contributed by atoms with Crippen LogP contribution in [0.25, 0.3) is 0 Å². The number of hydrogen-bond donors (Lipinski definition) is 1. The zero-order valence-corrected chi connectivity index (χ0v) is 14.3. The molecule has 0 aliphatic carbocycles.